The van der Waals surface area contributed by atoms with Crippen molar-refractivity contribution in [3.05, 3.63) is 65.5 Å². The van der Waals surface area contributed by atoms with Crippen LogP contribution in [0.15, 0.2) is 48.5 Å². The number of hydrogen-bond donors (Lipinski definition) is 0. The molecule has 1 heterocycles. The SMILES string of the molecule is Cc1ccc(OCC(=O)N2CCN(C(C#N)c3ccc(F)cc3)CC2)cc1. The lowest BCUT2D eigenvalue weighted by molar-refractivity contribution is -0.135. The second kappa shape index (κ2) is 8.65. The largest absolute Gasteiger partial charge is 0.484 e. The molecule has 0 aliphatic carbocycles. The zero-order chi connectivity index (χ0) is 19.2. The molecule has 1 saturated heterocycles. The Kier molecular flexibility index (Phi) is 6.05. The van der Waals surface area contributed by atoms with Crippen LogP contribution in [0.4, 0.5) is 4.39 Å². The molecule has 3 rings (SSSR count). The van der Waals surface area contributed by atoms with E-state index >= 15 is 0 Å². The fourth-order valence-electron chi connectivity index (χ4n) is 3.11. The summed E-state index contributed by atoms with van der Waals surface area (Å²) in [7, 11) is 0. The van der Waals surface area contributed by atoms with Crippen molar-refractivity contribution < 1.29 is 13.9 Å². The van der Waals surface area contributed by atoms with E-state index < -0.39 is 6.04 Å². The topological polar surface area (TPSA) is 56.6 Å². The molecule has 27 heavy (non-hydrogen) atoms. The van der Waals surface area contributed by atoms with Crippen LogP contribution in [0.5, 0.6) is 5.75 Å². The number of amides is 1. The minimum Gasteiger partial charge on any atom is -0.484 e. The number of halogens is 1. The first kappa shape index (κ1) is 18.9. The van der Waals surface area contributed by atoms with Gasteiger partial charge in [0, 0.05) is 26.2 Å². The first-order valence-electron chi connectivity index (χ1n) is 8.93. The van der Waals surface area contributed by atoms with Crippen molar-refractivity contribution in [3.8, 4) is 11.8 Å². The van der Waals surface area contributed by atoms with Crippen molar-refractivity contribution in [3.63, 3.8) is 0 Å². The summed E-state index contributed by atoms with van der Waals surface area (Å²) < 4.78 is 18.7. The Morgan fingerprint density at radius 3 is 2.33 bits per heavy atom. The Balaban J connectivity index is 1.51. The molecule has 2 aromatic carbocycles. The van der Waals surface area contributed by atoms with E-state index in [0.717, 1.165) is 11.1 Å². The number of carbonyl (C=O) groups excluding carboxylic acids is 1. The lowest BCUT2D eigenvalue weighted by Gasteiger charge is -2.37. The van der Waals surface area contributed by atoms with Crippen LogP contribution in [0.3, 0.4) is 0 Å². The quantitative estimate of drug-likeness (QED) is 0.815. The molecule has 0 spiro atoms. The summed E-state index contributed by atoms with van der Waals surface area (Å²) in [6.07, 6.45) is 0. The minimum absolute atomic E-state index is 0.00268. The van der Waals surface area contributed by atoms with Crippen LogP contribution in [-0.2, 0) is 4.79 Å². The average Bonchev–Trinajstić information content (AvgIpc) is 2.70. The zero-order valence-corrected chi connectivity index (χ0v) is 15.3. The van der Waals surface area contributed by atoms with Gasteiger partial charge in [0.05, 0.1) is 6.07 Å². The molecule has 6 heteroatoms. The van der Waals surface area contributed by atoms with Gasteiger partial charge in [0.1, 0.15) is 17.6 Å². The molecule has 0 radical (unpaired) electrons. The summed E-state index contributed by atoms with van der Waals surface area (Å²) in [5, 5.41) is 9.52. The van der Waals surface area contributed by atoms with Crippen LogP contribution in [-0.4, -0.2) is 48.5 Å². The molecule has 5 nitrogen and oxygen atoms in total. The van der Waals surface area contributed by atoms with Crippen molar-refractivity contribution >= 4 is 5.91 Å². The smallest absolute Gasteiger partial charge is 0.260 e. The maximum absolute atomic E-state index is 13.1. The first-order chi connectivity index (χ1) is 13.1. The standard InChI is InChI=1S/C21H22FN3O2/c1-16-2-8-19(9-3-16)27-15-21(26)25-12-10-24(11-13-25)20(14-23)17-4-6-18(22)7-5-17/h2-9,20H,10-13,15H2,1H3. The van der Waals surface area contributed by atoms with Crippen LogP contribution in [0.1, 0.15) is 17.2 Å². The van der Waals surface area contributed by atoms with Gasteiger partial charge >= 0.3 is 0 Å². The van der Waals surface area contributed by atoms with Gasteiger partial charge in [-0.05, 0) is 36.8 Å². The molecule has 1 aliphatic heterocycles. The van der Waals surface area contributed by atoms with Gasteiger partial charge in [0.2, 0.25) is 0 Å². The molecule has 1 atom stereocenters. The normalized spacial score (nSPS) is 15.8. The summed E-state index contributed by atoms with van der Waals surface area (Å²) >= 11 is 0. The Morgan fingerprint density at radius 1 is 1.11 bits per heavy atom. The van der Waals surface area contributed by atoms with Crippen LogP contribution in [0, 0.1) is 24.1 Å². The molecule has 1 amide bonds. The summed E-state index contributed by atoms with van der Waals surface area (Å²) in [6.45, 7) is 4.25. The van der Waals surface area contributed by atoms with Crippen molar-refractivity contribution in [2.24, 2.45) is 0 Å². The van der Waals surface area contributed by atoms with Gasteiger partial charge < -0.3 is 9.64 Å². The number of nitrogens with zero attached hydrogens (tertiary/aromatic N) is 3. The number of nitriles is 1. The highest BCUT2D eigenvalue weighted by Crippen LogP contribution is 2.22. The molecule has 140 valence electrons. The van der Waals surface area contributed by atoms with E-state index in [1.807, 2.05) is 36.1 Å². The van der Waals surface area contributed by atoms with E-state index in [2.05, 4.69) is 6.07 Å². The monoisotopic (exact) mass is 367 g/mol. The Labute approximate surface area is 158 Å². The van der Waals surface area contributed by atoms with Crippen molar-refractivity contribution in [2.75, 3.05) is 32.8 Å². The lowest BCUT2D eigenvalue weighted by Crippen LogP contribution is -2.50. The fourth-order valence-corrected chi connectivity index (χ4v) is 3.11. The lowest BCUT2D eigenvalue weighted by atomic mass is 10.1. The van der Waals surface area contributed by atoms with Gasteiger partial charge in [0.15, 0.2) is 6.61 Å². The van der Waals surface area contributed by atoms with Crippen molar-refractivity contribution in [1.29, 1.82) is 5.26 Å². The van der Waals surface area contributed by atoms with Crippen molar-refractivity contribution in [1.82, 2.24) is 9.80 Å². The van der Waals surface area contributed by atoms with Crippen LogP contribution in [0.25, 0.3) is 0 Å². The number of piperazine rings is 1. The summed E-state index contributed by atoms with van der Waals surface area (Å²) in [4.78, 5) is 16.1. The minimum atomic E-state index is -0.438. The van der Waals surface area contributed by atoms with E-state index in [0.29, 0.717) is 31.9 Å². The van der Waals surface area contributed by atoms with E-state index in [-0.39, 0.29) is 18.3 Å². The van der Waals surface area contributed by atoms with Crippen molar-refractivity contribution in [2.45, 2.75) is 13.0 Å². The maximum atomic E-state index is 13.1. The number of rotatable bonds is 5. The van der Waals surface area contributed by atoms with Gasteiger partial charge in [-0.25, -0.2) is 4.39 Å². The highest BCUT2D eigenvalue weighted by Gasteiger charge is 2.27. The second-order valence-corrected chi connectivity index (χ2v) is 6.60. The van der Waals surface area contributed by atoms with Gasteiger partial charge in [-0.2, -0.15) is 5.26 Å². The number of aryl methyl sites for hydroxylation is 1. The Morgan fingerprint density at radius 2 is 1.74 bits per heavy atom. The number of hydrogen-bond acceptors (Lipinski definition) is 4. The summed E-state index contributed by atoms with van der Waals surface area (Å²) in [5.74, 6) is 0.290. The van der Waals surface area contributed by atoms with Crippen LogP contribution < -0.4 is 4.74 Å². The van der Waals surface area contributed by atoms with E-state index in [4.69, 9.17) is 4.74 Å². The average molecular weight is 367 g/mol. The summed E-state index contributed by atoms with van der Waals surface area (Å²) in [6, 6.07) is 15.4. The molecule has 0 bridgehead atoms. The van der Waals surface area contributed by atoms with Gasteiger partial charge in [0.25, 0.3) is 5.91 Å². The predicted molar refractivity (Wildman–Crippen MR) is 99.6 cm³/mol. The predicted octanol–water partition coefficient (Wildman–Crippen LogP) is 2.92. The third-order valence-electron chi connectivity index (χ3n) is 4.72. The molecule has 1 unspecified atom stereocenters. The molecule has 0 aromatic heterocycles. The van der Waals surface area contributed by atoms with Crippen LogP contribution >= 0.6 is 0 Å². The van der Waals surface area contributed by atoms with E-state index in [1.54, 1.807) is 17.0 Å². The second-order valence-electron chi connectivity index (χ2n) is 6.60. The highest BCUT2D eigenvalue weighted by atomic mass is 19.1. The fraction of sp³-hybridized carbons (Fsp3) is 0.333. The van der Waals surface area contributed by atoms with E-state index in [9.17, 15) is 14.4 Å². The molecule has 0 saturated carbocycles. The molecule has 1 fully saturated rings. The highest BCUT2D eigenvalue weighted by molar-refractivity contribution is 5.77. The zero-order valence-electron chi connectivity index (χ0n) is 15.3. The molecule has 1 aliphatic rings. The van der Waals surface area contributed by atoms with Gasteiger partial charge in [-0.1, -0.05) is 29.8 Å². The Hall–Kier alpha value is -2.91. The molecule has 0 N–H and O–H groups in total. The third kappa shape index (κ3) is 4.83. The Bertz CT molecular complexity index is 807. The van der Waals surface area contributed by atoms with E-state index in [1.165, 1.54) is 12.1 Å². The molecule has 2 aromatic rings. The summed E-state index contributed by atoms with van der Waals surface area (Å²) in [5.41, 5.74) is 1.90. The maximum Gasteiger partial charge on any atom is 0.260 e. The molecular weight excluding hydrogens is 345 g/mol. The van der Waals surface area contributed by atoms with Gasteiger partial charge in [-0.15, -0.1) is 0 Å². The first-order valence-corrected chi connectivity index (χ1v) is 8.93. The number of ether oxygens (including phenoxy) is 1. The molecular formula is C21H22FN3O2. The third-order valence-corrected chi connectivity index (χ3v) is 4.72. The number of benzene rings is 2. The van der Waals surface area contributed by atoms with Gasteiger partial charge in [-0.3, -0.25) is 9.69 Å². The number of carbonyl (C=O) groups is 1. The van der Waals surface area contributed by atoms with Crippen LogP contribution in [0.2, 0.25) is 0 Å².